The fourth-order valence-corrected chi connectivity index (χ4v) is 2.77. The standard InChI is InChI=1S/C16H24F2N2/c1-3-20(10-12-6-4-7-12)11-15(19-2)13-8-5-9-14(17)16(13)18/h5,8-9,12,15,19H,3-4,6-7,10-11H2,1-2H3. The van der Waals surface area contributed by atoms with Crippen molar-refractivity contribution >= 4 is 0 Å². The van der Waals surface area contributed by atoms with Crippen LogP contribution in [0.2, 0.25) is 0 Å². The third-order valence-electron chi connectivity index (χ3n) is 4.33. The molecule has 0 aliphatic heterocycles. The smallest absolute Gasteiger partial charge is 0.163 e. The molecule has 1 fully saturated rings. The maximum Gasteiger partial charge on any atom is 0.163 e. The monoisotopic (exact) mass is 282 g/mol. The number of likely N-dealkylation sites (N-methyl/N-ethyl adjacent to an activating group) is 2. The van der Waals surface area contributed by atoms with Crippen LogP contribution >= 0.6 is 0 Å². The van der Waals surface area contributed by atoms with Crippen LogP contribution in [0.25, 0.3) is 0 Å². The molecule has 1 aromatic rings. The first-order valence-corrected chi connectivity index (χ1v) is 7.49. The van der Waals surface area contributed by atoms with Crippen LogP contribution in [0.5, 0.6) is 0 Å². The van der Waals surface area contributed by atoms with Crippen molar-refractivity contribution in [2.75, 3.05) is 26.7 Å². The summed E-state index contributed by atoms with van der Waals surface area (Å²) < 4.78 is 27.3. The summed E-state index contributed by atoms with van der Waals surface area (Å²) in [6.07, 6.45) is 3.93. The predicted octanol–water partition coefficient (Wildman–Crippen LogP) is 3.35. The van der Waals surface area contributed by atoms with Crippen molar-refractivity contribution in [3.8, 4) is 0 Å². The van der Waals surface area contributed by atoms with E-state index >= 15 is 0 Å². The van der Waals surface area contributed by atoms with Gasteiger partial charge in [-0.2, -0.15) is 0 Å². The molecule has 1 aliphatic carbocycles. The van der Waals surface area contributed by atoms with Crippen LogP contribution in [0.3, 0.4) is 0 Å². The highest BCUT2D eigenvalue weighted by Gasteiger charge is 2.23. The van der Waals surface area contributed by atoms with Crippen LogP contribution in [0.1, 0.15) is 37.8 Å². The van der Waals surface area contributed by atoms with E-state index in [1.165, 1.54) is 19.3 Å². The zero-order chi connectivity index (χ0) is 14.5. The van der Waals surface area contributed by atoms with Crippen LogP contribution in [-0.4, -0.2) is 31.6 Å². The normalized spacial score (nSPS) is 17.2. The van der Waals surface area contributed by atoms with Crippen LogP contribution < -0.4 is 5.32 Å². The molecule has 1 unspecified atom stereocenters. The van der Waals surface area contributed by atoms with Gasteiger partial charge in [0.2, 0.25) is 0 Å². The minimum absolute atomic E-state index is 0.175. The largest absolute Gasteiger partial charge is 0.312 e. The average Bonchev–Trinajstić information content (AvgIpc) is 2.41. The first-order chi connectivity index (χ1) is 9.65. The Morgan fingerprint density at radius 3 is 2.65 bits per heavy atom. The number of nitrogens with one attached hydrogen (secondary N) is 1. The Labute approximate surface area is 120 Å². The van der Waals surface area contributed by atoms with Gasteiger partial charge in [-0.15, -0.1) is 0 Å². The van der Waals surface area contributed by atoms with Crippen molar-refractivity contribution in [3.63, 3.8) is 0 Å². The maximum atomic E-state index is 13.9. The fourth-order valence-electron chi connectivity index (χ4n) is 2.77. The molecular formula is C16H24F2N2. The molecule has 1 N–H and O–H groups in total. The molecule has 0 spiro atoms. The summed E-state index contributed by atoms with van der Waals surface area (Å²) in [5.41, 5.74) is 0.416. The Bertz CT molecular complexity index is 432. The molecule has 4 heteroatoms. The Hall–Kier alpha value is -1.00. The maximum absolute atomic E-state index is 13.9. The summed E-state index contributed by atoms with van der Waals surface area (Å²) in [6, 6.07) is 4.22. The summed E-state index contributed by atoms with van der Waals surface area (Å²) in [4.78, 5) is 2.33. The van der Waals surface area contributed by atoms with Crippen molar-refractivity contribution in [3.05, 3.63) is 35.4 Å². The Morgan fingerprint density at radius 1 is 1.35 bits per heavy atom. The molecule has 1 atom stereocenters. The van der Waals surface area contributed by atoms with E-state index in [1.54, 1.807) is 19.2 Å². The molecule has 1 saturated carbocycles. The average molecular weight is 282 g/mol. The lowest BCUT2D eigenvalue weighted by atomic mass is 9.85. The molecule has 0 aromatic heterocycles. The highest BCUT2D eigenvalue weighted by atomic mass is 19.2. The van der Waals surface area contributed by atoms with Gasteiger partial charge >= 0.3 is 0 Å². The van der Waals surface area contributed by atoms with Gasteiger partial charge in [-0.3, -0.25) is 0 Å². The number of hydrogen-bond donors (Lipinski definition) is 1. The summed E-state index contributed by atoms with van der Waals surface area (Å²) in [6.45, 7) is 4.83. The molecule has 20 heavy (non-hydrogen) atoms. The van der Waals surface area contributed by atoms with E-state index < -0.39 is 11.6 Å². The van der Waals surface area contributed by atoms with E-state index in [4.69, 9.17) is 0 Å². The van der Waals surface area contributed by atoms with Gasteiger partial charge in [0.05, 0.1) is 0 Å². The fraction of sp³-hybridized carbons (Fsp3) is 0.625. The van der Waals surface area contributed by atoms with Gasteiger partial charge in [-0.05, 0) is 38.4 Å². The first-order valence-electron chi connectivity index (χ1n) is 7.49. The second kappa shape index (κ2) is 7.14. The summed E-state index contributed by atoms with van der Waals surface area (Å²) in [5.74, 6) is -0.721. The van der Waals surface area contributed by atoms with Gasteiger partial charge < -0.3 is 10.2 Å². The van der Waals surface area contributed by atoms with Crippen molar-refractivity contribution in [1.82, 2.24) is 10.2 Å². The minimum Gasteiger partial charge on any atom is -0.312 e. The van der Waals surface area contributed by atoms with Crippen molar-refractivity contribution in [2.24, 2.45) is 5.92 Å². The van der Waals surface area contributed by atoms with E-state index in [1.807, 2.05) is 0 Å². The Balaban J connectivity index is 2.04. The summed E-state index contributed by atoms with van der Waals surface area (Å²) in [7, 11) is 1.80. The number of nitrogens with zero attached hydrogens (tertiary/aromatic N) is 1. The van der Waals surface area contributed by atoms with E-state index in [9.17, 15) is 8.78 Å². The van der Waals surface area contributed by atoms with Gasteiger partial charge in [-0.25, -0.2) is 8.78 Å². The van der Waals surface area contributed by atoms with Gasteiger partial charge in [-0.1, -0.05) is 25.5 Å². The van der Waals surface area contributed by atoms with Gasteiger partial charge in [0, 0.05) is 24.7 Å². The van der Waals surface area contributed by atoms with E-state index in [0.29, 0.717) is 12.1 Å². The van der Waals surface area contributed by atoms with E-state index in [-0.39, 0.29) is 6.04 Å². The van der Waals surface area contributed by atoms with Crippen LogP contribution in [0.15, 0.2) is 18.2 Å². The number of halogens is 2. The molecule has 2 nitrogen and oxygen atoms in total. The third-order valence-corrected chi connectivity index (χ3v) is 4.33. The van der Waals surface area contributed by atoms with Crippen LogP contribution in [0.4, 0.5) is 8.78 Å². The Morgan fingerprint density at radius 2 is 2.10 bits per heavy atom. The van der Waals surface area contributed by atoms with Gasteiger partial charge in [0.15, 0.2) is 11.6 Å². The lowest BCUT2D eigenvalue weighted by molar-refractivity contribution is 0.171. The molecule has 0 saturated heterocycles. The summed E-state index contributed by atoms with van der Waals surface area (Å²) in [5, 5.41) is 3.11. The molecule has 1 aliphatic rings. The highest BCUT2D eigenvalue weighted by Crippen LogP contribution is 2.28. The van der Waals surface area contributed by atoms with Crippen molar-refractivity contribution < 1.29 is 8.78 Å². The molecule has 2 rings (SSSR count). The van der Waals surface area contributed by atoms with E-state index in [0.717, 1.165) is 25.1 Å². The Kier molecular flexibility index (Phi) is 5.49. The van der Waals surface area contributed by atoms with E-state index in [2.05, 4.69) is 17.1 Å². The van der Waals surface area contributed by atoms with Crippen LogP contribution in [0, 0.1) is 17.6 Å². The lowest BCUT2D eigenvalue weighted by Crippen LogP contribution is -2.38. The number of rotatable bonds is 7. The number of hydrogen-bond acceptors (Lipinski definition) is 2. The van der Waals surface area contributed by atoms with Crippen molar-refractivity contribution in [1.29, 1.82) is 0 Å². The molecule has 112 valence electrons. The van der Waals surface area contributed by atoms with Gasteiger partial charge in [0.25, 0.3) is 0 Å². The molecular weight excluding hydrogens is 258 g/mol. The van der Waals surface area contributed by atoms with Crippen molar-refractivity contribution in [2.45, 2.75) is 32.2 Å². The lowest BCUT2D eigenvalue weighted by Gasteiger charge is -2.34. The molecule has 1 aromatic carbocycles. The predicted molar refractivity (Wildman–Crippen MR) is 77.6 cm³/mol. The minimum atomic E-state index is -0.773. The topological polar surface area (TPSA) is 15.3 Å². The molecule has 0 amide bonds. The summed E-state index contributed by atoms with van der Waals surface area (Å²) >= 11 is 0. The molecule has 0 radical (unpaired) electrons. The highest BCUT2D eigenvalue weighted by molar-refractivity contribution is 5.22. The first kappa shape index (κ1) is 15.4. The zero-order valence-corrected chi connectivity index (χ0v) is 12.3. The zero-order valence-electron chi connectivity index (χ0n) is 12.3. The molecule has 0 heterocycles. The van der Waals surface area contributed by atoms with Crippen LogP contribution in [-0.2, 0) is 0 Å². The number of benzene rings is 1. The third kappa shape index (κ3) is 3.55. The second-order valence-corrected chi connectivity index (χ2v) is 5.63. The van der Waals surface area contributed by atoms with Gasteiger partial charge in [0.1, 0.15) is 0 Å². The second-order valence-electron chi connectivity index (χ2n) is 5.63. The molecule has 0 bridgehead atoms. The SMILES string of the molecule is CCN(CC1CCC1)CC(NC)c1cccc(F)c1F. The quantitative estimate of drug-likeness (QED) is 0.825.